The minimum atomic E-state index is 0.411. The highest BCUT2D eigenvalue weighted by Crippen LogP contribution is 2.39. The van der Waals surface area contributed by atoms with E-state index in [1.54, 1.807) is 6.20 Å². The molecule has 0 unspecified atom stereocenters. The predicted octanol–water partition coefficient (Wildman–Crippen LogP) is 3.95. The lowest BCUT2D eigenvalue weighted by molar-refractivity contribution is 0.298. The Morgan fingerprint density at radius 1 is 1.21 bits per heavy atom. The summed E-state index contributed by atoms with van der Waals surface area (Å²) in [6, 6.07) is 12.5. The Morgan fingerprint density at radius 3 is 2.79 bits per heavy atom. The van der Waals surface area contributed by atoms with E-state index < -0.39 is 0 Å². The van der Waals surface area contributed by atoms with E-state index in [0.717, 1.165) is 22.9 Å². The maximum atomic E-state index is 6.21. The van der Waals surface area contributed by atoms with Crippen molar-refractivity contribution in [2.45, 2.75) is 38.8 Å². The van der Waals surface area contributed by atoms with Crippen molar-refractivity contribution in [2.75, 3.05) is 5.73 Å². The molecule has 2 aromatic heterocycles. The molecule has 5 nitrogen and oxygen atoms in total. The van der Waals surface area contributed by atoms with Crippen molar-refractivity contribution in [3.63, 3.8) is 0 Å². The second-order valence-electron chi connectivity index (χ2n) is 6.59. The third-order valence-electron chi connectivity index (χ3n) is 4.96. The van der Waals surface area contributed by atoms with E-state index in [2.05, 4.69) is 21.7 Å². The number of anilines is 1. The van der Waals surface area contributed by atoms with Crippen molar-refractivity contribution >= 4 is 16.7 Å². The summed E-state index contributed by atoms with van der Waals surface area (Å²) in [6.07, 6.45) is 5.42. The van der Waals surface area contributed by atoms with E-state index in [1.807, 2.05) is 36.4 Å². The fraction of sp³-hybridized carbons (Fsp3) is 0.368. The second kappa shape index (κ2) is 6.15. The van der Waals surface area contributed by atoms with Gasteiger partial charge in [-0.3, -0.25) is 4.68 Å². The molecular formula is C19H22N4O. The first-order chi connectivity index (χ1) is 11.7. The van der Waals surface area contributed by atoms with Crippen LogP contribution in [0, 0.1) is 5.92 Å². The Labute approximate surface area is 141 Å². The fourth-order valence-electron chi connectivity index (χ4n) is 3.66. The number of hydrogen-bond donors (Lipinski definition) is 1. The molecule has 0 aliphatic heterocycles. The monoisotopic (exact) mass is 322 g/mol. The maximum absolute atomic E-state index is 6.21. The summed E-state index contributed by atoms with van der Waals surface area (Å²) < 4.78 is 8.03. The largest absolute Gasteiger partial charge is 0.472 e. The molecular weight excluding hydrogens is 300 g/mol. The van der Waals surface area contributed by atoms with E-state index in [4.69, 9.17) is 10.5 Å². The number of nitrogen functional groups attached to an aromatic ring is 1. The van der Waals surface area contributed by atoms with Crippen molar-refractivity contribution in [2.24, 2.45) is 5.92 Å². The fourth-order valence-corrected chi connectivity index (χ4v) is 3.66. The lowest BCUT2D eigenvalue weighted by Gasteiger charge is -2.17. The van der Waals surface area contributed by atoms with Crippen LogP contribution >= 0.6 is 0 Å². The number of benzene rings is 1. The third-order valence-corrected chi connectivity index (χ3v) is 4.96. The lowest BCUT2D eigenvalue weighted by atomic mass is 10.1. The molecule has 1 saturated carbocycles. The van der Waals surface area contributed by atoms with Crippen LogP contribution in [0.2, 0.25) is 0 Å². The lowest BCUT2D eigenvalue weighted by Crippen LogP contribution is -2.13. The average Bonchev–Trinajstić information content (AvgIpc) is 3.17. The number of hydrogen-bond acceptors (Lipinski definition) is 4. The standard InChI is InChI=1S/C19H22N4O/c1-13-6-5-9-15(13)23-16-10-11-21-19(17(16)18(20)22-23)24-12-14-7-3-2-4-8-14/h2-4,7-8,10-11,13,15H,5-6,9,12H2,1H3,(H2,20,22)/t13-,15-/m0/s1. The zero-order valence-electron chi connectivity index (χ0n) is 13.9. The van der Waals surface area contributed by atoms with Crippen LogP contribution in [0.4, 0.5) is 5.82 Å². The van der Waals surface area contributed by atoms with Gasteiger partial charge in [-0.1, -0.05) is 43.7 Å². The van der Waals surface area contributed by atoms with Crippen LogP contribution in [0.25, 0.3) is 10.9 Å². The zero-order valence-corrected chi connectivity index (χ0v) is 13.9. The average molecular weight is 322 g/mol. The number of aromatic nitrogens is 3. The summed E-state index contributed by atoms with van der Waals surface area (Å²) >= 11 is 0. The highest BCUT2D eigenvalue weighted by molar-refractivity contribution is 5.93. The Hall–Kier alpha value is -2.56. The van der Waals surface area contributed by atoms with Crippen LogP contribution in [-0.4, -0.2) is 14.8 Å². The maximum Gasteiger partial charge on any atom is 0.227 e. The molecule has 0 saturated heterocycles. The van der Waals surface area contributed by atoms with Crippen molar-refractivity contribution in [1.82, 2.24) is 14.8 Å². The minimum absolute atomic E-state index is 0.411. The summed E-state index contributed by atoms with van der Waals surface area (Å²) in [5.41, 5.74) is 8.33. The second-order valence-corrected chi connectivity index (χ2v) is 6.59. The molecule has 2 N–H and O–H groups in total. The summed E-state index contributed by atoms with van der Waals surface area (Å²) in [5.74, 6) is 1.68. The van der Waals surface area contributed by atoms with Gasteiger partial charge in [-0.15, -0.1) is 0 Å². The minimum Gasteiger partial charge on any atom is -0.472 e. The molecule has 1 fully saturated rings. The molecule has 1 aromatic carbocycles. The van der Waals surface area contributed by atoms with Gasteiger partial charge in [-0.05, 0) is 30.4 Å². The van der Waals surface area contributed by atoms with Gasteiger partial charge in [0.25, 0.3) is 0 Å². The van der Waals surface area contributed by atoms with Gasteiger partial charge >= 0.3 is 0 Å². The molecule has 24 heavy (non-hydrogen) atoms. The first-order valence-electron chi connectivity index (χ1n) is 8.53. The summed E-state index contributed by atoms with van der Waals surface area (Å²) in [5, 5.41) is 5.44. The number of nitrogens with two attached hydrogens (primary N) is 1. The SMILES string of the molecule is C[C@H]1CCC[C@@H]1n1nc(N)c2c(OCc3ccccc3)nccc21. The molecule has 2 heterocycles. The van der Waals surface area contributed by atoms with Crippen LogP contribution in [0.3, 0.4) is 0 Å². The summed E-state index contributed by atoms with van der Waals surface area (Å²) in [4.78, 5) is 4.39. The predicted molar refractivity (Wildman–Crippen MR) is 94.8 cm³/mol. The number of nitrogens with zero attached hydrogens (tertiary/aromatic N) is 3. The molecule has 124 valence electrons. The first kappa shape index (κ1) is 15.0. The van der Waals surface area contributed by atoms with Gasteiger partial charge in [0.15, 0.2) is 5.82 Å². The van der Waals surface area contributed by atoms with Gasteiger partial charge in [0.1, 0.15) is 12.0 Å². The third kappa shape index (κ3) is 2.60. The summed E-state index contributed by atoms with van der Waals surface area (Å²) in [6.45, 7) is 2.76. The smallest absolute Gasteiger partial charge is 0.227 e. The molecule has 2 atom stereocenters. The highest BCUT2D eigenvalue weighted by Gasteiger charge is 2.28. The first-order valence-corrected chi connectivity index (χ1v) is 8.53. The Bertz CT molecular complexity index is 843. The van der Waals surface area contributed by atoms with E-state index in [0.29, 0.717) is 30.3 Å². The molecule has 0 spiro atoms. The van der Waals surface area contributed by atoms with Crippen LogP contribution in [0.5, 0.6) is 5.88 Å². The molecule has 5 heteroatoms. The van der Waals surface area contributed by atoms with Gasteiger partial charge in [-0.25, -0.2) is 4.98 Å². The van der Waals surface area contributed by atoms with E-state index in [-0.39, 0.29) is 0 Å². The Kier molecular flexibility index (Phi) is 3.84. The molecule has 1 aliphatic rings. The van der Waals surface area contributed by atoms with Crippen molar-refractivity contribution < 1.29 is 4.74 Å². The summed E-state index contributed by atoms with van der Waals surface area (Å²) in [7, 11) is 0. The van der Waals surface area contributed by atoms with Crippen LogP contribution in [0.15, 0.2) is 42.6 Å². The molecule has 1 aliphatic carbocycles. The van der Waals surface area contributed by atoms with Crippen LogP contribution < -0.4 is 10.5 Å². The molecule has 3 aromatic rings. The van der Waals surface area contributed by atoms with Crippen molar-refractivity contribution in [3.8, 4) is 5.88 Å². The molecule has 4 rings (SSSR count). The number of pyridine rings is 1. The Balaban J connectivity index is 1.68. The van der Waals surface area contributed by atoms with Gasteiger partial charge in [0.2, 0.25) is 5.88 Å². The quantitative estimate of drug-likeness (QED) is 0.789. The van der Waals surface area contributed by atoms with Gasteiger partial charge < -0.3 is 10.5 Å². The number of rotatable bonds is 4. The molecule has 0 bridgehead atoms. The van der Waals surface area contributed by atoms with Gasteiger partial charge in [-0.2, -0.15) is 5.10 Å². The van der Waals surface area contributed by atoms with Crippen LogP contribution in [-0.2, 0) is 6.61 Å². The highest BCUT2D eigenvalue weighted by atomic mass is 16.5. The van der Waals surface area contributed by atoms with Crippen molar-refractivity contribution in [1.29, 1.82) is 0 Å². The molecule has 0 amide bonds. The van der Waals surface area contributed by atoms with Gasteiger partial charge in [0.05, 0.1) is 11.6 Å². The normalized spacial score (nSPS) is 20.5. The van der Waals surface area contributed by atoms with E-state index in [9.17, 15) is 0 Å². The Morgan fingerprint density at radius 2 is 2.04 bits per heavy atom. The topological polar surface area (TPSA) is 66.0 Å². The number of ether oxygens (including phenoxy) is 1. The van der Waals surface area contributed by atoms with Gasteiger partial charge in [0, 0.05) is 6.20 Å². The zero-order chi connectivity index (χ0) is 16.5. The number of fused-ring (bicyclic) bond motifs is 1. The van der Waals surface area contributed by atoms with Crippen molar-refractivity contribution in [3.05, 3.63) is 48.2 Å². The van der Waals surface area contributed by atoms with E-state index in [1.165, 1.54) is 12.8 Å². The molecule has 0 radical (unpaired) electrons. The van der Waals surface area contributed by atoms with E-state index >= 15 is 0 Å². The van der Waals surface area contributed by atoms with Crippen LogP contribution in [0.1, 0.15) is 37.8 Å².